The number of rotatable bonds is 6. The van der Waals surface area contributed by atoms with Gasteiger partial charge in [0.05, 0.1) is 19.8 Å². The molecule has 30 heavy (non-hydrogen) atoms. The van der Waals surface area contributed by atoms with Crippen molar-refractivity contribution in [3.05, 3.63) is 59.7 Å². The molecule has 0 bridgehead atoms. The third-order valence-electron chi connectivity index (χ3n) is 5.44. The lowest BCUT2D eigenvalue weighted by molar-refractivity contribution is -0.137. The van der Waals surface area contributed by atoms with Gasteiger partial charge in [0.25, 0.3) is 5.91 Å². The molecular formula is C23H27N3O4. The Morgan fingerprint density at radius 1 is 0.967 bits per heavy atom. The summed E-state index contributed by atoms with van der Waals surface area (Å²) in [5, 5.41) is 2.93. The van der Waals surface area contributed by atoms with Gasteiger partial charge < -0.3 is 19.7 Å². The Hall–Kier alpha value is -2.90. The molecule has 2 aromatic carbocycles. The Morgan fingerprint density at radius 2 is 1.70 bits per heavy atom. The van der Waals surface area contributed by atoms with Crippen LogP contribution >= 0.6 is 0 Å². The normalized spacial score (nSPS) is 16.6. The number of ether oxygens (including phenoxy) is 2. The third-order valence-corrected chi connectivity index (χ3v) is 5.44. The lowest BCUT2D eigenvalue weighted by atomic mass is 10.00. The number of carbonyl (C=O) groups excluding carboxylic acids is 2. The minimum Gasteiger partial charge on any atom is -0.484 e. The highest BCUT2D eigenvalue weighted by Crippen LogP contribution is 2.19. The minimum absolute atomic E-state index is 0.00212. The number of nitrogens with one attached hydrogen (secondary N) is 1. The van der Waals surface area contributed by atoms with Crippen LogP contribution in [-0.4, -0.2) is 67.6 Å². The van der Waals surface area contributed by atoms with Crippen molar-refractivity contribution < 1.29 is 19.1 Å². The monoisotopic (exact) mass is 409 g/mol. The number of morpholine rings is 1. The molecule has 2 aliphatic rings. The lowest BCUT2D eigenvalue weighted by Gasteiger charge is -2.28. The zero-order chi connectivity index (χ0) is 20.8. The van der Waals surface area contributed by atoms with Crippen LogP contribution in [0.15, 0.2) is 48.5 Å². The second kappa shape index (κ2) is 9.73. The van der Waals surface area contributed by atoms with E-state index >= 15 is 0 Å². The molecule has 0 aromatic heterocycles. The Kier molecular flexibility index (Phi) is 6.61. The highest BCUT2D eigenvalue weighted by atomic mass is 16.5. The van der Waals surface area contributed by atoms with Gasteiger partial charge in [0.15, 0.2) is 6.61 Å². The van der Waals surface area contributed by atoms with Crippen molar-refractivity contribution in [2.75, 3.05) is 51.3 Å². The van der Waals surface area contributed by atoms with Crippen LogP contribution in [0.3, 0.4) is 0 Å². The number of hydrogen-bond donors (Lipinski definition) is 1. The molecule has 0 radical (unpaired) electrons. The van der Waals surface area contributed by atoms with E-state index in [4.69, 9.17) is 9.47 Å². The number of amides is 2. The molecule has 2 heterocycles. The zero-order valence-corrected chi connectivity index (χ0v) is 17.0. The number of nitrogens with zero attached hydrogens (tertiary/aromatic N) is 2. The molecule has 158 valence electrons. The van der Waals surface area contributed by atoms with Crippen molar-refractivity contribution in [1.82, 2.24) is 9.80 Å². The van der Waals surface area contributed by atoms with Gasteiger partial charge in [0.1, 0.15) is 5.75 Å². The second-order valence-corrected chi connectivity index (χ2v) is 7.58. The van der Waals surface area contributed by atoms with E-state index in [1.165, 1.54) is 11.1 Å². The van der Waals surface area contributed by atoms with Gasteiger partial charge in [-0.15, -0.1) is 0 Å². The van der Waals surface area contributed by atoms with E-state index in [0.717, 1.165) is 19.5 Å². The summed E-state index contributed by atoms with van der Waals surface area (Å²) in [7, 11) is 0. The van der Waals surface area contributed by atoms with Gasteiger partial charge in [-0.25, -0.2) is 0 Å². The zero-order valence-electron chi connectivity index (χ0n) is 17.0. The Labute approximate surface area is 176 Å². The van der Waals surface area contributed by atoms with E-state index in [-0.39, 0.29) is 18.4 Å². The Balaban J connectivity index is 1.22. The van der Waals surface area contributed by atoms with Gasteiger partial charge in [-0.1, -0.05) is 24.3 Å². The summed E-state index contributed by atoms with van der Waals surface area (Å²) in [5.74, 6) is 0.520. The van der Waals surface area contributed by atoms with Crippen LogP contribution in [0.1, 0.15) is 11.1 Å². The molecule has 7 heteroatoms. The maximum atomic E-state index is 12.4. The molecule has 0 aliphatic carbocycles. The smallest absolute Gasteiger partial charge is 0.260 e. The van der Waals surface area contributed by atoms with Crippen LogP contribution in [0.4, 0.5) is 5.69 Å². The standard InChI is InChI=1S/C23H27N3O4/c27-22(16-25-10-9-18-3-1-2-4-19(18)15-25)24-20-5-7-21(8-6-20)30-17-23(28)26-11-13-29-14-12-26/h1-8H,9-17H2,(H,24,27). The van der Waals surface area contributed by atoms with Crippen molar-refractivity contribution in [3.63, 3.8) is 0 Å². The Bertz CT molecular complexity index is 878. The molecule has 1 saturated heterocycles. The van der Waals surface area contributed by atoms with E-state index in [0.29, 0.717) is 44.3 Å². The molecule has 2 aliphatic heterocycles. The van der Waals surface area contributed by atoms with Gasteiger partial charge in [-0.3, -0.25) is 14.5 Å². The maximum Gasteiger partial charge on any atom is 0.260 e. The number of anilines is 1. The molecule has 2 amide bonds. The number of hydrogen-bond acceptors (Lipinski definition) is 5. The molecule has 1 fully saturated rings. The summed E-state index contributed by atoms with van der Waals surface area (Å²) in [6.45, 7) is 4.41. The molecule has 0 spiro atoms. The fraction of sp³-hybridized carbons (Fsp3) is 0.391. The van der Waals surface area contributed by atoms with E-state index < -0.39 is 0 Å². The van der Waals surface area contributed by atoms with Gasteiger partial charge >= 0.3 is 0 Å². The molecular weight excluding hydrogens is 382 g/mol. The highest BCUT2D eigenvalue weighted by molar-refractivity contribution is 5.92. The molecule has 7 nitrogen and oxygen atoms in total. The van der Waals surface area contributed by atoms with Crippen LogP contribution < -0.4 is 10.1 Å². The highest BCUT2D eigenvalue weighted by Gasteiger charge is 2.19. The van der Waals surface area contributed by atoms with Gasteiger partial charge in [-0.2, -0.15) is 0 Å². The van der Waals surface area contributed by atoms with E-state index in [2.05, 4.69) is 28.4 Å². The van der Waals surface area contributed by atoms with Crippen molar-refractivity contribution in [1.29, 1.82) is 0 Å². The Morgan fingerprint density at radius 3 is 2.47 bits per heavy atom. The molecule has 4 rings (SSSR count). The first-order valence-electron chi connectivity index (χ1n) is 10.3. The average molecular weight is 409 g/mol. The summed E-state index contributed by atoms with van der Waals surface area (Å²) < 4.78 is 10.8. The molecule has 2 aromatic rings. The average Bonchev–Trinajstić information content (AvgIpc) is 2.79. The largest absolute Gasteiger partial charge is 0.484 e. The molecule has 0 saturated carbocycles. The van der Waals surface area contributed by atoms with Crippen molar-refractivity contribution in [2.24, 2.45) is 0 Å². The molecule has 0 atom stereocenters. The summed E-state index contributed by atoms with van der Waals surface area (Å²) in [5.41, 5.74) is 3.38. The van der Waals surface area contributed by atoms with E-state index in [9.17, 15) is 9.59 Å². The molecule has 1 N–H and O–H groups in total. The first kappa shape index (κ1) is 20.4. The SMILES string of the molecule is O=C(CN1CCc2ccccc2C1)Nc1ccc(OCC(=O)N2CCOCC2)cc1. The van der Waals surface area contributed by atoms with Gasteiger partial charge in [-0.05, 0) is 41.8 Å². The van der Waals surface area contributed by atoms with E-state index in [1.807, 2.05) is 6.07 Å². The minimum atomic E-state index is -0.0428. The quantitative estimate of drug-likeness (QED) is 0.789. The van der Waals surface area contributed by atoms with Gasteiger partial charge in [0.2, 0.25) is 5.91 Å². The van der Waals surface area contributed by atoms with Crippen LogP contribution in [-0.2, 0) is 27.3 Å². The first-order chi connectivity index (χ1) is 14.7. The number of benzene rings is 2. The number of fused-ring (bicyclic) bond motifs is 1. The number of carbonyl (C=O) groups is 2. The molecule has 0 unspecified atom stereocenters. The summed E-state index contributed by atoms with van der Waals surface area (Å²) in [6.07, 6.45) is 0.971. The van der Waals surface area contributed by atoms with Crippen molar-refractivity contribution in [3.8, 4) is 5.75 Å². The predicted molar refractivity (Wildman–Crippen MR) is 113 cm³/mol. The maximum absolute atomic E-state index is 12.4. The van der Waals surface area contributed by atoms with Crippen LogP contribution in [0.25, 0.3) is 0 Å². The second-order valence-electron chi connectivity index (χ2n) is 7.58. The van der Waals surface area contributed by atoms with Crippen LogP contribution in [0, 0.1) is 0 Å². The van der Waals surface area contributed by atoms with E-state index in [1.54, 1.807) is 29.2 Å². The van der Waals surface area contributed by atoms with Crippen molar-refractivity contribution in [2.45, 2.75) is 13.0 Å². The van der Waals surface area contributed by atoms with Crippen molar-refractivity contribution >= 4 is 17.5 Å². The van der Waals surface area contributed by atoms with Crippen LogP contribution in [0.5, 0.6) is 5.75 Å². The topological polar surface area (TPSA) is 71.1 Å². The fourth-order valence-corrected chi connectivity index (χ4v) is 3.78. The van der Waals surface area contributed by atoms with Crippen LogP contribution in [0.2, 0.25) is 0 Å². The third kappa shape index (κ3) is 5.37. The summed E-state index contributed by atoms with van der Waals surface area (Å²) in [6, 6.07) is 15.5. The lowest BCUT2D eigenvalue weighted by Crippen LogP contribution is -2.42. The fourth-order valence-electron chi connectivity index (χ4n) is 3.78. The first-order valence-corrected chi connectivity index (χ1v) is 10.3. The summed E-state index contributed by atoms with van der Waals surface area (Å²) >= 11 is 0. The van der Waals surface area contributed by atoms with Gasteiger partial charge in [0, 0.05) is 31.9 Å². The predicted octanol–water partition coefficient (Wildman–Crippen LogP) is 1.92. The summed E-state index contributed by atoms with van der Waals surface area (Å²) in [4.78, 5) is 28.5.